The van der Waals surface area contributed by atoms with E-state index in [-0.39, 0.29) is 6.61 Å². The Balaban J connectivity index is 2.04. The maximum atomic E-state index is 8.85. The fourth-order valence-corrected chi connectivity index (χ4v) is 2.84. The van der Waals surface area contributed by atoms with Crippen molar-refractivity contribution in [2.75, 3.05) is 6.61 Å². The molecule has 1 saturated carbocycles. The average molecular weight is 223 g/mol. The molecule has 0 bridgehead atoms. The average Bonchev–Trinajstić information content (AvgIpc) is 2.65. The van der Waals surface area contributed by atoms with Crippen LogP contribution in [-0.2, 0) is 6.42 Å². The highest BCUT2D eigenvalue weighted by atomic mass is 16.3. The molecule has 0 radical (unpaired) electrons. The minimum atomic E-state index is 0.149. The normalized spacial score (nSPS) is 30.6. The molecule has 2 atom stereocenters. The van der Waals surface area contributed by atoms with Crippen LogP contribution in [0, 0.1) is 11.8 Å². The molecule has 4 nitrogen and oxygen atoms in total. The van der Waals surface area contributed by atoms with Gasteiger partial charge in [0.25, 0.3) is 0 Å². The number of hydrogen-bond donors (Lipinski definition) is 1. The van der Waals surface area contributed by atoms with E-state index in [9.17, 15) is 0 Å². The predicted octanol–water partition coefficient (Wildman–Crippen LogP) is 1.81. The smallest absolute Gasteiger partial charge is 0.0850 e. The highest BCUT2D eigenvalue weighted by Gasteiger charge is 2.25. The van der Waals surface area contributed by atoms with Crippen LogP contribution in [0.25, 0.3) is 0 Å². The van der Waals surface area contributed by atoms with E-state index in [1.807, 2.05) is 10.9 Å². The van der Waals surface area contributed by atoms with Gasteiger partial charge in [-0.2, -0.15) is 0 Å². The molecule has 4 heteroatoms. The van der Waals surface area contributed by atoms with E-state index in [2.05, 4.69) is 24.2 Å². The highest BCUT2D eigenvalue weighted by molar-refractivity contribution is 4.94. The van der Waals surface area contributed by atoms with Crippen molar-refractivity contribution in [3.8, 4) is 0 Å². The van der Waals surface area contributed by atoms with Gasteiger partial charge >= 0.3 is 0 Å². The summed E-state index contributed by atoms with van der Waals surface area (Å²) in [6.45, 7) is 4.78. The van der Waals surface area contributed by atoms with Crippen LogP contribution in [0.1, 0.15) is 44.8 Å². The second kappa shape index (κ2) is 4.95. The Morgan fingerprint density at radius 1 is 1.31 bits per heavy atom. The summed E-state index contributed by atoms with van der Waals surface area (Å²) >= 11 is 0. The van der Waals surface area contributed by atoms with Gasteiger partial charge in [0, 0.05) is 19.2 Å². The van der Waals surface area contributed by atoms with Crippen molar-refractivity contribution < 1.29 is 5.11 Å². The summed E-state index contributed by atoms with van der Waals surface area (Å²) in [6, 6.07) is 0.499. The van der Waals surface area contributed by atoms with Crippen molar-refractivity contribution in [3.63, 3.8) is 0 Å². The van der Waals surface area contributed by atoms with Crippen molar-refractivity contribution in [2.24, 2.45) is 11.8 Å². The number of aromatic nitrogens is 3. The Morgan fingerprint density at radius 2 is 2.00 bits per heavy atom. The molecule has 1 aromatic rings. The summed E-state index contributed by atoms with van der Waals surface area (Å²) in [5, 5.41) is 17.1. The lowest BCUT2D eigenvalue weighted by Crippen LogP contribution is -2.23. The molecule has 1 fully saturated rings. The quantitative estimate of drug-likeness (QED) is 0.850. The molecule has 1 aliphatic rings. The number of hydrogen-bond acceptors (Lipinski definition) is 3. The molecular formula is C12H21N3O. The molecule has 0 spiro atoms. The van der Waals surface area contributed by atoms with Gasteiger partial charge in [0.15, 0.2) is 0 Å². The molecule has 90 valence electrons. The fraction of sp³-hybridized carbons (Fsp3) is 0.833. The van der Waals surface area contributed by atoms with Crippen molar-refractivity contribution in [3.05, 3.63) is 11.9 Å². The Bertz CT molecular complexity index is 327. The SMILES string of the molecule is CC1CC(C)CC(n2cc(CCO)nn2)C1. The van der Waals surface area contributed by atoms with E-state index in [0.717, 1.165) is 17.5 Å². The molecule has 1 heterocycles. The van der Waals surface area contributed by atoms with Crippen molar-refractivity contribution in [1.29, 1.82) is 0 Å². The van der Waals surface area contributed by atoms with E-state index < -0.39 is 0 Å². The van der Waals surface area contributed by atoms with Gasteiger partial charge in [0.2, 0.25) is 0 Å². The van der Waals surface area contributed by atoms with E-state index in [0.29, 0.717) is 12.5 Å². The molecule has 2 rings (SSSR count). The zero-order valence-electron chi connectivity index (χ0n) is 10.1. The van der Waals surface area contributed by atoms with Crippen LogP contribution in [0.5, 0.6) is 0 Å². The lowest BCUT2D eigenvalue weighted by atomic mass is 9.80. The van der Waals surface area contributed by atoms with Crippen molar-refractivity contribution in [2.45, 2.75) is 45.6 Å². The van der Waals surface area contributed by atoms with Gasteiger partial charge in [0.05, 0.1) is 11.7 Å². The summed E-state index contributed by atoms with van der Waals surface area (Å²) in [7, 11) is 0. The molecule has 0 aliphatic heterocycles. The predicted molar refractivity (Wildman–Crippen MR) is 62.0 cm³/mol. The molecule has 1 N–H and O–H groups in total. The fourth-order valence-electron chi connectivity index (χ4n) is 2.84. The van der Waals surface area contributed by atoms with Crippen LogP contribution >= 0.6 is 0 Å². The van der Waals surface area contributed by atoms with Crippen LogP contribution in [0.3, 0.4) is 0 Å². The summed E-state index contributed by atoms with van der Waals surface area (Å²) < 4.78 is 2.00. The van der Waals surface area contributed by atoms with E-state index in [4.69, 9.17) is 5.11 Å². The number of aliphatic hydroxyl groups excluding tert-OH is 1. The monoisotopic (exact) mass is 223 g/mol. The topological polar surface area (TPSA) is 50.9 Å². The Labute approximate surface area is 96.7 Å². The van der Waals surface area contributed by atoms with Gasteiger partial charge in [-0.15, -0.1) is 5.10 Å². The summed E-state index contributed by atoms with van der Waals surface area (Å²) in [6.07, 6.45) is 6.33. The van der Waals surface area contributed by atoms with Gasteiger partial charge in [-0.25, -0.2) is 4.68 Å². The molecule has 1 aromatic heterocycles. The Hall–Kier alpha value is -0.900. The van der Waals surface area contributed by atoms with Crippen LogP contribution in [0.2, 0.25) is 0 Å². The minimum Gasteiger partial charge on any atom is -0.396 e. The first kappa shape index (κ1) is 11.6. The van der Waals surface area contributed by atoms with Crippen molar-refractivity contribution in [1.82, 2.24) is 15.0 Å². The van der Waals surface area contributed by atoms with Gasteiger partial charge < -0.3 is 5.11 Å². The third kappa shape index (κ3) is 2.61. The zero-order chi connectivity index (χ0) is 11.5. The van der Waals surface area contributed by atoms with E-state index in [1.54, 1.807) is 0 Å². The maximum Gasteiger partial charge on any atom is 0.0850 e. The van der Waals surface area contributed by atoms with Crippen molar-refractivity contribution >= 4 is 0 Å². The summed E-state index contributed by atoms with van der Waals surface area (Å²) in [5.74, 6) is 1.55. The molecule has 16 heavy (non-hydrogen) atoms. The molecule has 1 aliphatic carbocycles. The Morgan fingerprint density at radius 3 is 2.62 bits per heavy atom. The standard InChI is InChI=1S/C12H21N3O/c1-9-5-10(2)7-12(6-9)15-8-11(3-4-16)13-14-15/h8-10,12,16H,3-7H2,1-2H3. The minimum absolute atomic E-state index is 0.149. The number of rotatable bonds is 3. The maximum absolute atomic E-state index is 8.85. The van der Waals surface area contributed by atoms with Crippen LogP contribution in [-0.4, -0.2) is 26.7 Å². The van der Waals surface area contributed by atoms with Crippen LogP contribution in [0.15, 0.2) is 6.20 Å². The van der Waals surface area contributed by atoms with E-state index >= 15 is 0 Å². The first-order valence-corrected chi connectivity index (χ1v) is 6.20. The summed E-state index contributed by atoms with van der Waals surface area (Å²) in [5.41, 5.74) is 0.897. The molecule has 0 amide bonds. The van der Waals surface area contributed by atoms with Gasteiger partial charge in [-0.1, -0.05) is 19.1 Å². The number of nitrogens with zero attached hydrogens (tertiary/aromatic N) is 3. The van der Waals surface area contributed by atoms with Crippen LogP contribution < -0.4 is 0 Å². The Kier molecular flexibility index (Phi) is 3.59. The lowest BCUT2D eigenvalue weighted by Gasteiger charge is -2.31. The summed E-state index contributed by atoms with van der Waals surface area (Å²) in [4.78, 5) is 0. The zero-order valence-corrected chi connectivity index (χ0v) is 10.1. The molecule has 0 saturated heterocycles. The largest absolute Gasteiger partial charge is 0.396 e. The van der Waals surface area contributed by atoms with Gasteiger partial charge in [-0.05, 0) is 31.1 Å². The first-order chi connectivity index (χ1) is 7.69. The number of aliphatic hydroxyl groups is 1. The second-order valence-corrected chi connectivity index (χ2v) is 5.23. The highest BCUT2D eigenvalue weighted by Crippen LogP contribution is 2.35. The molecular weight excluding hydrogens is 202 g/mol. The first-order valence-electron chi connectivity index (χ1n) is 6.20. The second-order valence-electron chi connectivity index (χ2n) is 5.23. The van der Waals surface area contributed by atoms with Crippen LogP contribution in [0.4, 0.5) is 0 Å². The van der Waals surface area contributed by atoms with Gasteiger partial charge in [-0.3, -0.25) is 0 Å². The lowest BCUT2D eigenvalue weighted by molar-refractivity contribution is 0.208. The van der Waals surface area contributed by atoms with Gasteiger partial charge in [0.1, 0.15) is 0 Å². The molecule has 0 aromatic carbocycles. The third-order valence-corrected chi connectivity index (χ3v) is 3.45. The third-order valence-electron chi connectivity index (χ3n) is 3.45. The van der Waals surface area contributed by atoms with E-state index in [1.165, 1.54) is 19.3 Å². The molecule has 2 unspecified atom stereocenters.